The van der Waals surface area contributed by atoms with Crippen molar-refractivity contribution in [2.45, 2.75) is 27.7 Å². The Morgan fingerprint density at radius 2 is 1.69 bits per heavy atom. The number of nitrogens with one attached hydrogen (secondary N) is 1. The van der Waals surface area contributed by atoms with Gasteiger partial charge in [0.1, 0.15) is 6.54 Å². The Hall–Kier alpha value is -2.87. The van der Waals surface area contributed by atoms with Gasteiger partial charge in [0.2, 0.25) is 15.9 Å². The van der Waals surface area contributed by atoms with Crippen LogP contribution in [0.5, 0.6) is 0 Å². The van der Waals surface area contributed by atoms with Crippen molar-refractivity contribution >= 4 is 33.3 Å². The SMILES string of the molecule is CCOC(=O)c1cccc(NC(=O)CN(c2cc(C)cc(C)c2)S(C)(=O)=O)c1C. The molecule has 2 aromatic carbocycles. The lowest BCUT2D eigenvalue weighted by molar-refractivity contribution is -0.114. The molecule has 0 unspecified atom stereocenters. The van der Waals surface area contributed by atoms with E-state index >= 15 is 0 Å². The summed E-state index contributed by atoms with van der Waals surface area (Å²) in [4.78, 5) is 24.7. The molecule has 29 heavy (non-hydrogen) atoms. The van der Waals surface area contributed by atoms with Gasteiger partial charge in [0.15, 0.2) is 0 Å². The number of rotatable bonds is 7. The summed E-state index contributed by atoms with van der Waals surface area (Å²) in [7, 11) is -3.68. The minimum atomic E-state index is -3.68. The molecule has 0 saturated heterocycles. The average Bonchev–Trinajstić information content (AvgIpc) is 2.59. The topological polar surface area (TPSA) is 92.8 Å². The molecule has 0 aliphatic rings. The monoisotopic (exact) mass is 418 g/mol. The Morgan fingerprint density at radius 1 is 1.07 bits per heavy atom. The van der Waals surface area contributed by atoms with Crippen LogP contribution in [0.25, 0.3) is 0 Å². The Kier molecular flexibility index (Phi) is 7.02. The number of benzene rings is 2. The number of hydrogen-bond donors (Lipinski definition) is 1. The van der Waals surface area contributed by atoms with Crippen LogP contribution < -0.4 is 9.62 Å². The number of amides is 1. The Bertz CT molecular complexity index is 1010. The lowest BCUT2D eigenvalue weighted by Gasteiger charge is -2.23. The van der Waals surface area contributed by atoms with E-state index in [-0.39, 0.29) is 13.2 Å². The summed E-state index contributed by atoms with van der Waals surface area (Å²) in [5.41, 5.74) is 3.54. The quantitative estimate of drug-likeness (QED) is 0.697. The zero-order chi connectivity index (χ0) is 21.8. The Labute approximate surface area is 171 Å². The van der Waals surface area contributed by atoms with Crippen molar-refractivity contribution in [2.75, 3.05) is 29.0 Å². The maximum absolute atomic E-state index is 12.6. The van der Waals surface area contributed by atoms with Crippen LogP contribution in [0.1, 0.15) is 34.0 Å². The zero-order valence-corrected chi connectivity index (χ0v) is 18.1. The van der Waals surface area contributed by atoms with Gasteiger partial charge in [-0.3, -0.25) is 9.10 Å². The Morgan fingerprint density at radius 3 is 2.24 bits per heavy atom. The molecule has 0 spiro atoms. The first-order chi connectivity index (χ1) is 13.5. The third-order valence-electron chi connectivity index (χ3n) is 4.29. The normalized spacial score (nSPS) is 11.1. The van der Waals surface area contributed by atoms with Crippen LogP contribution >= 0.6 is 0 Å². The maximum atomic E-state index is 12.6. The van der Waals surface area contributed by atoms with Crippen LogP contribution in [0.3, 0.4) is 0 Å². The van der Waals surface area contributed by atoms with Crippen LogP contribution in [0, 0.1) is 20.8 Å². The summed E-state index contributed by atoms with van der Waals surface area (Å²) in [6, 6.07) is 10.3. The molecule has 0 fully saturated rings. The first kappa shape index (κ1) is 22.4. The van der Waals surface area contributed by atoms with Gasteiger partial charge < -0.3 is 10.1 Å². The fourth-order valence-electron chi connectivity index (χ4n) is 3.02. The average molecular weight is 419 g/mol. The van der Waals surface area contributed by atoms with E-state index in [1.807, 2.05) is 19.9 Å². The van der Waals surface area contributed by atoms with Crippen LogP contribution in [0.2, 0.25) is 0 Å². The van der Waals surface area contributed by atoms with Crippen molar-refractivity contribution in [3.8, 4) is 0 Å². The number of esters is 1. The largest absolute Gasteiger partial charge is 0.462 e. The molecule has 7 nitrogen and oxygen atoms in total. The summed E-state index contributed by atoms with van der Waals surface area (Å²) < 4.78 is 30.7. The first-order valence-corrected chi connectivity index (χ1v) is 11.0. The van der Waals surface area contributed by atoms with Crippen molar-refractivity contribution in [2.24, 2.45) is 0 Å². The van der Waals surface area contributed by atoms with E-state index in [0.29, 0.717) is 22.5 Å². The molecule has 0 aliphatic carbocycles. The second kappa shape index (κ2) is 9.09. The highest BCUT2D eigenvalue weighted by atomic mass is 32.2. The summed E-state index contributed by atoms with van der Waals surface area (Å²) in [6.07, 6.45) is 1.06. The fraction of sp³-hybridized carbons (Fsp3) is 0.333. The van der Waals surface area contributed by atoms with E-state index in [1.54, 1.807) is 44.2 Å². The number of aryl methyl sites for hydroxylation is 2. The van der Waals surface area contributed by atoms with Gasteiger partial charge in [-0.1, -0.05) is 12.1 Å². The molecule has 0 aromatic heterocycles. The molecule has 1 amide bonds. The molecule has 2 rings (SSSR count). The predicted molar refractivity (Wildman–Crippen MR) is 114 cm³/mol. The second-order valence-corrected chi connectivity index (χ2v) is 8.77. The van der Waals surface area contributed by atoms with E-state index in [1.165, 1.54) is 0 Å². The van der Waals surface area contributed by atoms with Crippen LogP contribution in [0.15, 0.2) is 36.4 Å². The van der Waals surface area contributed by atoms with Crippen molar-refractivity contribution in [1.82, 2.24) is 0 Å². The molecule has 8 heteroatoms. The van der Waals surface area contributed by atoms with Gasteiger partial charge in [0.25, 0.3) is 0 Å². The van der Waals surface area contributed by atoms with E-state index in [2.05, 4.69) is 5.32 Å². The molecule has 0 aliphatic heterocycles. The van der Waals surface area contributed by atoms with Gasteiger partial charge in [-0.25, -0.2) is 13.2 Å². The standard InChI is InChI=1S/C21H26N2O5S/c1-6-28-21(25)18-8-7-9-19(16(18)4)22-20(24)13-23(29(5,26)27)17-11-14(2)10-15(3)12-17/h7-12H,6,13H2,1-5H3,(H,22,24). The van der Waals surface area contributed by atoms with Crippen LogP contribution in [0.4, 0.5) is 11.4 Å². The maximum Gasteiger partial charge on any atom is 0.338 e. The highest BCUT2D eigenvalue weighted by Gasteiger charge is 2.22. The van der Waals surface area contributed by atoms with Crippen molar-refractivity contribution < 1.29 is 22.7 Å². The molecular formula is C21H26N2O5S. The molecule has 0 radical (unpaired) electrons. The first-order valence-electron chi connectivity index (χ1n) is 9.15. The third-order valence-corrected chi connectivity index (χ3v) is 5.43. The highest BCUT2D eigenvalue weighted by molar-refractivity contribution is 7.92. The molecule has 0 heterocycles. The fourth-order valence-corrected chi connectivity index (χ4v) is 3.86. The number of sulfonamides is 1. The summed E-state index contributed by atoms with van der Waals surface area (Å²) in [5.74, 6) is -0.993. The van der Waals surface area contributed by atoms with Gasteiger partial charge in [0, 0.05) is 5.69 Å². The molecular weight excluding hydrogens is 392 g/mol. The smallest absolute Gasteiger partial charge is 0.338 e. The van der Waals surface area contributed by atoms with Crippen molar-refractivity contribution in [3.05, 3.63) is 58.7 Å². The molecule has 156 valence electrons. The predicted octanol–water partition coefficient (Wildman–Crippen LogP) is 3.19. The van der Waals surface area contributed by atoms with Crippen LogP contribution in [-0.4, -0.2) is 39.7 Å². The van der Waals surface area contributed by atoms with E-state index in [9.17, 15) is 18.0 Å². The molecule has 0 saturated carbocycles. The molecule has 2 aromatic rings. The van der Waals surface area contributed by atoms with Gasteiger partial charge >= 0.3 is 5.97 Å². The molecule has 0 bridgehead atoms. The number of carbonyl (C=O) groups is 2. The molecule has 1 N–H and O–H groups in total. The van der Waals surface area contributed by atoms with Gasteiger partial charge in [0.05, 0.1) is 24.1 Å². The van der Waals surface area contributed by atoms with Crippen molar-refractivity contribution in [3.63, 3.8) is 0 Å². The number of anilines is 2. The van der Waals surface area contributed by atoms with E-state index < -0.39 is 21.9 Å². The minimum Gasteiger partial charge on any atom is -0.462 e. The van der Waals surface area contributed by atoms with Gasteiger partial charge in [-0.2, -0.15) is 0 Å². The summed E-state index contributed by atoms with van der Waals surface area (Å²) >= 11 is 0. The number of nitrogens with zero attached hydrogens (tertiary/aromatic N) is 1. The number of ether oxygens (including phenoxy) is 1. The number of carbonyl (C=O) groups excluding carboxylic acids is 2. The lowest BCUT2D eigenvalue weighted by atomic mass is 10.1. The van der Waals surface area contributed by atoms with Crippen LogP contribution in [-0.2, 0) is 19.6 Å². The second-order valence-electron chi connectivity index (χ2n) is 6.86. The van der Waals surface area contributed by atoms with Crippen molar-refractivity contribution in [1.29, 1.82) is 0 Å². The zero-order valence-electron chi connectivity index (χ0n) is 17.3. The van der Waals surface area contributed by atoms with Gasteiger partial charge in [-0.05, 0) is 68.7 Å². The molecule has 0 atom stereocenters. The van der Waals surface area contributed by atoms with E-state index in [4.69, 9.17) is 4.74 Å². The number of hydrogen-bond acceptors (Lipinski definition) is 5. The summed E-state index contributed by atoms with van der Waals surface area (Å²) in [6.45, 7) is 6.99. The van der Waals surface area contributed by atoms with E-state index in [0.717, 1.165) is 21.7 Å². The minimum absolute atomic E-state index is 0.244. The lowest BCUT2D eigenvalue weighted by Crippen LogP contribution is -2.37. The Balaban J connectivity index is 2.28. The van der Waals surface area contributed by atoms with Gasteiger partial charge in [-0.15, -0.1) is 0 Å². The summed E-state index contributed by atoms with van der Waals surface area (Å²) in [5, 5.41) is 2.70. The third kappa shape index (κ3) is 5.80. The highest BCUT2D eigenvalue weighted by Crippen LogP contribution is 2.23.